The summed E-state index contributed by atoms with van der Waals surface area (Å²) in [5, 5.41) is 3.57. The van der Waals surface area contributed by atoms with Gasteiger partial charge in [0, 0.05) is 0 Å². The number of hydroxylamine groups is 1. The van der Waals surface area contributed by atoms with Crippen LogP contribution in [0.2, 0.25) is 0 Å². The van der Waals surface area contributed by atoms with Gasteiger partial charge in [-0.05, 0) is 52.7 Å². The smallest absolute Gasteiger partial charge is 0.266 e. The minimum Gasteiger partial charge on any atom is -0.273 e. The maximum Gasteiger partial charge on any atom is 0.266 e. The molecule has 4 aromatic carbocycles. The Morgan fingerprint density at radius 1 is 0.697 bits per heavy atom. The topological polar surface area (TPSA) is 49.9 Å². The van der Waals surface area contributed by atoms with Gasteiger partial charge in [0.05, 0.1) is 17.4 Å². The predicted molar refractivity (Wildman–Crippen MR) is 123 cm³/mol. The summed E-state index contributed by atoms with van der Waals surface area (Å²) in [7, 11) is 0. The highest BCUT2D eigenvalue weighted by atomic mass is 19.1. The first kappa shape index (κ1) is 19.6. The normalized spacial score (nSPS) is 22.3. The van der Waals surface area contributed by atoms with Crippen molar-refractivity contribution in [1.82, 2.24) is 0 Å². The van der Waals surface area contributed by atoms with Crippen molar-refractivity contribution in [2.24, 2.45) is 5.92 Å². The Bertz CT molecular complexity index is 1370. The van der Waals surface area contributed by atoms with Gasteiger partial charge in [0.25, 0.3) is 5.91 Å². The molecule has 3 atom stereocenters. The number of carbonyl (C=O) groups excluding carboxylic acids is 2. The fourth-order valence-corrected chi connectivity index (χ4v) is 4.78. The minimum atomic E-state index is -0.959. The molecule has 0 bridgehead atoms. The van der Waals surface area contributed by atoms with Crippen LogP contribution in [0.15, 0.2) is 97.1 Å². The number of halogens is 1. The monoisotopic (exact) mass is 438 g/mol. The molecule has 2 aliphatic rings. The highest BCUT2D eigenvalue weighted by Gasteiger charge is 2.60. The maximum atomic E-state index is 13.7. The first-order valence-electron chi connectivity index (χ1n) is 10.7. The number of imide groups is 1. The van der Waals surface area contributed by atoms with Crippen LogP contribution in [0.4, 0.5) is 15.8 Å². The van der Waals surface area contributed by atoms with Crippen LogP contribution < -0.4 is 9.96 Å². The SMILES string of the molecule is O=C1[C@H]2[C@@H](ON(c3ccccc3)[C@H]2c2ccc(F)cc2)C(=O)N1c1ccc2ccccc2c1. The summed E-state index contributed by atoms with van der Waals surface area (Å²) < 4.78 is 13.6. The fourth-order valence-electron chi connectivity index (χ4n) is 4.78. The van der Waals surface area contributed by atoms with Gasteiger partial charge in [-0.25, -0.2) is 14.4 Å². The van der Waals surface area contributed by atoms with E-state index in [-0.39, 0.29) is 11.7 Å². The summed E-state index contributed by atoms with van der Waals surface area (Å²) in [4.78, 5) is 34.5. The third-order valence-electron chi connectivity index (χ3n) is 6.33. The van der Waals surface area contributed by atoms with Crippen LogP contribution in [0, 0.1) is 11.7 Å². The van der Waals surface area contributed by atoms with Crippen LogP contribution in [0.3, 0.4) is 0 Å². The van der Waals surface area contributed by atoms with Gasteiger partial charge < -0.3 is 0 Å². The quantitative estimate of drug-likeness (QED) is 0.421. The van der Waals surface area contributed by atoms with Gasteiger partial charge in [-0.1, -0.05) is 60.7 Å². The lowest BCUT2D eigenvalue weighted by Crippen LogP contribution is -2.37. The van der Waals surface area contributed by atoms with Crippen molar-refractivity contribution >= 4 is 34.0 Å². The molecule has 4 aromatic rings. The van der Waals surface area contributed by atoms with Gasteiger partial charge in [-0.15, -0.1) is 0 Å². The molecule has 2 saturated heterocycles. The molecule has 6 heteroatoms. The molecule has 2 aliphatic heterocycles. The van der Waals surface area contributed by atoms with E-state index in [0.29, 0.717) is 11.3 Å². The average Bonchev–Trinajstić information content (AvgIpc) is 3.36. The zero-order valence-electron chi connectivity index (χ0n) is 17.5. The van der Waals surface area contributed by atoms with Crippen LogP contribution in [0.1, 0.15) is 11.6 Å². The van der Waals surface area contributed by atoms with Crippen molar-refractivity contribution in [1.29, 1.82) is 0 Å². The Labute approximate surface area is 189 Å². The van der Waals surface area contributed by atoms with E-state index in [9.17, 15) is 14.0 Å². The van der Waals surface area contributed by atoms with Crippen molar-refractivity contribution in [3.8, 4) is 0 Å². The average molecular weight is 438 g/mol. The number of hydrogen-bond acceptors (Lipinski definition) is 4. The Hall–Kier alpha value is -4.03. The second-order valence-electron chi connectivity index (χ2n) is 8.25. The number of para-hydroxylation sites is 1. The van der Waals surface area contributed by atoms with Gasteiger partial charge in [-0.2, -0.15) is 0 Å². The van der Waals surface area contributed by atoms with Crippen LogP contribution >= 0.6 is 0 Å². The molecule has 33 heavy (non-hydrogen) atoms. The number of hydrogen-bond donors (Lipinski definition) is 0. The van der Waals surface area contributed by atoms with E-state index in [2.05, 4.69) is 0 Å². The molecule has 5 nitrogen and oxygen atoms in total. The molecule has 2 amide bonds. The number of nitrogens with zero attached hydrogens (tertiary/aromatic N) is 2. The fraction of sp³-hybridized carbons (Fsp3) is 0.111. The Morgan fingerprint density at radius 3 is 2.15 bits per heavy atom. The van der Waals surface area contributed by atoms with E-state index in [1.54, 1.807) is 23.3 Å². The minimum absolute atomic E-state index is 0.326. The summed E-state index contributed by atoms with van der Waals surface area (Å²) in [5.74, 6) is -1.85. The lowest BCUT2D eigenvalue weighted by atomic mass is 9.90. The number of fused-ring (bicyclic) bond motifs is 2. The van der Waals surface area contributed by atoms with Crippen LogP contribution in [0.5, 0.6) is 0 Å². The van der Waals surface area contributed by atoms with E-state index in [1.165, 1.54) is 17.0 Å². The molecule has 0 N–H and O–H groups in total. The number of anilines is 2. The number of amides is 2. The van der Waals surface area contributed by atoms with Crippen molar-refractivity contribution in [3.63, 3.8) is 0 Å². The van der Waals surface area contributed by atoms with Gasteiger partial charge in [0.15, 0.2) is 6.10 Å². The molecule has 0 spiro atoms. The molecule has 0 aliphatic carbocycles. The van der Waals surface area contributed by atoms with Crippen molar-refractivity contribution in [2.75, 3.05) is 9.96 Å². The molecule has 2 heterocycles. The zero-order valence-corrected chi connectivity index (χ0v) is 17.5. The lowest BCUT2D eigenvalue weighted by Gasteiger charge is -2.28. The Kier molecular flexibility index (Phi) is 4.48. The predicted octanol–water partition coefficient (Wildman–Crippen LogP) is 5.03. The van der Waals surface area contributed by atoms with Crippen molar-refractivity contribution in [2.45, 2.75) is 12.1 Å². The van der Waals surface area contributed by atoms with Gasteiger partial charge in [-0.3, -0.25) is 14.4 Å². The van der Waals surface area contributed by atoms with Crippen LogP contribution in [0.25, 0.3) is 10.8 Å². The van der Waals surface area contributed by atoms with Crippen molar-refractivity contribution < 1.29 is 18.8 Å². The molecular weight excluding hydrogens is 419 g/mol. The summed E-state index contributed by atoms with van der Waals surface area (Å²) in [6, 6.07) is 28.0. The summed E-state index contributed by atoms with van der Waals surface area (Å²) >= 11 is 0. The first-order chi connectivity index (χ1) is 16.1. The van der Waals surface area contributed by atoms with E-state index < -0.39 is 24.0 Å². The van der Waals surface area contributed by atoms with E-state index >= 15 is 0 Å². The Balaban J connectivity index is 1.43. The third kappa shape index (κ3) is 3.10. The highest BCUT2D eigenvalue weighted by Crippen LogP contribution is 2.47. The highest BCUT2D eigenvalue weighted by molar-refractivity contribution is 6.24. The largest absolute Gasteiger partial charge is 0.273 e. The van der Waals surface area contributed by atoms with Gasteiger partial charge in [0.1, 0.15) is 11.7 Å². The third-order valence-corrected chi connectivity index (χ3v) is 6.33. The molecule has 0 saturated carbocycles. The Morgan fingerprint density at radius 2 is 1.39 bits per heavy atom. The zero-order chi connectivity index (χ0) is 22.5. The van der Waals surface area contributed by atoms with Crippen LogP contribution in [-0.2, 0) is 14.4 Å². The maximum absolute atomic E-state index is 13.7. The van der Waals surface area contributed by atoms with Crippen LogP contribution in [-0.4, -0.2) is 17.9 Å². The molecule has 0 unspecified atom stereocenters. The first-order valence-corrected chi connectivity index (χ1v) is 10.7. The number of rotatable bonds is 3. The molecule has 0 radical (unpaired) electrons. The molecule has 162 valence electrons. The van der Waals surface area contributed by atoms with E-state index in [1.807, 2.05) is 66.7 Å². The second-order valence-corrected chi connectivity index (χ2v) is 8.25. The van der Waals surface area contributed by atoms with Gasteiger partial charge in [0.2, 0.25) is 5.91 Å². The van der Waals surface area contributed by atoms with E-state index in [4.69, 9.17) is 4.84 Å². The van der Waals surface area contributed by atoms with Gasteiger partial charge >= 0.3 is 0 Å². The van der Waals surface area contributed by atoms with Crippen molar-refractivity contribution in [3.05, 3.63) is 108 Å². The second kappa shape index (κ2) is 7.53. The standard InChI is InChI=1S/C27H19FN2O3/c28-20-13-10-18(11-14-20)24-23-25(33-30(24)21-8-2-1-3-9-21)27(32)29(26(23)31)22-15-12-17-6-4-5-7-19(17)16-22/h1-16,23-25H/t23-,24+,25-/m1/s1. The molecular formula is C27H19FN2O3. The molecule has 6 rings (SSSR count). The summed E-state index contributed by atoms with van der Waals surface area (Å²) in [6.45, 7) is 0. The molecule has 2 fully saturated rings. The summed E-state index contributed by atoms with van der Waals surface area (Å²) in [6.07, 6.45) is -0.959. The lowest BCUT2D eigenvalue weighted by molar-refractivity contribution is -0.126. The number of benzene rings is 4. The molecule has 0 aromatic heterocycles. The van der Waals surface area contributed by atoms with E-state index in [0.717, 1.165) is 16.5 Å². The number of carbonyl (C=O) groups is 2. The summed E-state index contributed by atoms with van der Waals surface area (Å²) in [5.41, 5.74) is 1.94.